The molecule has 2 heterocycles. The van der Waals surface area contributed by atoms with Crippen molar-refractivity contribution < 1.29 is 14.0 Å². The highest BCUT2D eigenvalue weighted by Crippen LogP contribution is 2.23. The fourth-order valence-corrected chi connectivity index (χ4v) is 2.45. The monoisotopic (exact) mass is 322 g/mol. The molecule has 0 aliphatic heterocycles. The van der Waals surface area contributed by atoms with Crippen LogP contribution in [0, 0.1) is 5.82 Å². The number of H-pyrrole nitrogens is 1. The minimum atomic E-state index is -0.616. The molecule has 0 aliphatic rings. The molecule has 4 aromatic rings. The van der Waals surface area contributed by atoms with E-state index in [9.17, 15) is 9.18 Å². The van der Waals surface area contributed by atoms with E-state index in [0.29, 0.717) is 22.2 Å². The van der Waals surface area contributed by atoms with Gasteiger partial charge in [-0.05, 0) is 41.1 Å². The van der Waals surface area contributed by atoms with Crippen LogP contribution >= 0.6 is 0 Å². The first kappa shape index (κ1) is 14.1. The fourth-order valence-electron chi connectivity index (χ4n) is 2.45. The number of carbonyl (C=O) groups excluding carboxylic acids is 1. The van der Waals surface area contributed by atoms with E-state index in [-0.39, 0.29) is 11.5 Å². The average Bonchev–Trinajstić information content (AvgIpc) is 3.23. The molecular formula is C17H11FN4O2. The number of hydrogen-bond acceptors (Lipinski definition) is 4. The van der Waals surface area contributed by atoms with Crippen molar-refractivity contribution in [3.63, 3.8) is 0 Å². The third kappa shape index (κ3) is 2.41. The van der Waals surface area contributed by atoms with Crippen molar-refractivity contribution in [2.45, 2.75) is 0 Å². The molecule has 0 saturated heterocycles. The van der Waals surface area contributed by atoms with Crippen molar-refractivity contribution in [1.29, 1.82) is 0 Å². The number of fused-ring (bicyclic) bond motifs is 1. The molecule has 6 nitrogen and oxygen atoms in total. The second-order valence-corrected chi connectivity index (χ2v) is 5.10. The molecule has 0 saturated carbocycles. The number of benzene rings is 2. The van der Waals surface area contributed by atoms with Crippen LogP contribution in [-0.2, 0) is 0 Å². The van der Waals surface area contributed by atoms with Gasteiger partial charge in [0.25, 0.3) is 0 Å². The Kier molecular flexibility index (Phi) is 3.31. The van der Waals surface area contributed by atoms with Gasteiger partial charge in [-0.3, -0.25) is 0 Å². The van der Waals surface area contributed by atoms with Gasteiger partial charge in [0, 0.05) is 11.8 Å². The predicted octanol–water partition coefficient (Wildman–Crippen LogP) is 2.83. The molecule has 0 atom stereocenters. The lowest BCUT2D eigenvalue weighted by Crippen LogP contribution is -2.21. The molecule has 4 rings (SSSR count). The Hall–Kier alpha value is -3.48. The van der Waals surface area contributed by atoms with Gasteiger partial charge in [0.15, 0.2) is 0 Å². The smallest absolute Gasteiger partial charge is 0.355 e. The number of carbonyl (C=O) groups is 1. The first-order chi connectivity index (χ1) is 11.7. The number of rotatable bonds is 3. The zero-order chi connectivity index (χ0) is 16.5. The lowest BCUT2D eigenvalue weighted by atomic mass is 10.1. The molecule has 0 aliphatic carbocycles. The van der Waals surface area contributed by atoms with Crippen molar-refractivity contribution in [3.8, 4) is 11.1 Å². The summed E-state index contributed by atoms with van der Waals surface area (Å²) in [6.45, 7) is 0. The Bertz CT molecular complexity index is 1020. The Morgan fingerprint density at radius 1 is 1.08 bits per heavy atom. The molecule has 118 valence electrons. The first-order valence-corrected chi connectivity index (χ1v) is 7.19. The van der Waals surface area contributed by atoms with Gasteiger partial charge in [-0.25, -0.2) is 9.18 Å². The molecule has 0 radical (unpaired) electrons. The highest BCUT2D eigenvalue weighted by molar-refractivity contribution is 5.96. The van der Waals surface area contributed by atoms with Crippen LogP contribution in [0.1, 0.15) is 10.5 Å². The lowest BCUT2D eigenvalue weighted by molar-refractivity contribution is 0.0403. The summed E-state index contributed by atoms with van der Waals surface area (Å²) in [5.74, 6) is -0.956. The van der Waals surface area contributed by atoms with E-state index in [1.54, 1.807) is 42.6 Å². The van der Waals surface area contributed by atoms with E-state index < -0.39 is 5.97 Å². The summed E-state index contributed by atoms with van der Waals surface area (Å²) in [6, 6.07) is 14.7. The van der Waals surface area contributed by atoms with Gasteiger partial charge in [-0.2, -0.15) is 0 Å². The SMILES string of the molecule is O=C(On1nnc2ccccc21)c1[nH]ccc1-c1ccc(F)cc1. The van der Waals surface area contributed by atoms with Crippen molar-refractivity contribution in [2.75, 3.05) is 0 Å². The normalized spacial score (nSPS) is 10.9. The van der Waals surface area contributed by atoms with Gasteiger partial charge >= 0.3 is 5.97 Å². The molecule has 2 aromatic heterocycles. The summed E-state index contributed by atoms with van der Waals surface area (Å²) in [6.07, 6.45) is 1.62. The maximum Gasteiger partial charge on any atom is 0.382 e. The number of nitrogens with one attached hydrogen (secondary N) is 1. The van der Waals surface area contributed by atoms with Crippen LogP contribution in [0.2, 0.25) is 0 Å². The molecule has 1 N–H and O–H groups in total. The lowest BCUT2D eigenvalue weighted by Gasteiger charge is -2.05. The molecule has 0 fully saturated rings. The van der Waals surface area contributed by atoms with Gasteiger partial charge < -0.3 is 9.82 Å². The number of aromatic nitrogens is 4. The van der Waals surface area contributed by atoms with Crippen LogP contribution in [0.15, 0.2) is 60.8 Å². The minimum Gasteiger partial charge on any atom is -0.355 e. The standard InChI is InChI=1S/C17H11FN4O2/c18-12-7-5-11(6-8-12)13-9-10-19-16(13)17(23)24-22-15-4-2-1-3-14(15)20-21-22/h1-10,19H. The Morgan fingerprint density at radius 2 is 1.88 bits per heavy atom. The van der Waals surface area contributed by atoms with Gasteiger partial charge in [-0.1, -0.05) is 29.1 Å². The highest BCUT2D eigenvalue weighted by Gasteiger charge is 2.18. The van der Waals surface area contributed by atoms with E-state index in [0.717, 1.165) is 4.85 Å². The molecule has 24 heavy (non-hydrogen) atoms. The minimum absolute atomic E-state index is 0.251. The predicted molar refractivity (Wildman–Crippen MR) is 84.6 cm³/mol. The number of halogens is 1. The maximum atomic E-state index is 13.1. The maximum absolute atomic E-state index is 13.1. The van der Waals surface area contributed by atoms with E-state index >= 15 is 0 Å². The third-order valence-electron chi connectivity index (χ3n) is 3.60. The molecule has 0 unspecified atom stereocenters. The van der Waals surface area contributed by atoms with Crippen LogP contribution in [0.25, 0.3) is 22.2 Å². The van der Waals surface area contributed by atoms with Gasteiger partial charge in [0.05, 0.1) is 0 Å². The fraction of sp³-hybridized carbons (Fsp3) is 0. The Morgan fingerprint density at radius 3 is 2.71 bits per heavy atom. The van der Waals surface area contributed by atoms with Crippen LogP contribution in [0.4, 0.5) is 4.39 Å². The second-order valence-electron chi connectivity index (χ2n) is 5.10. The summed E-state index contributed by atoms with van der Waals surface area (Å²) < 4.78 is 13.1. The van der Waals surface area contributed by atoms with Gasteiger partial charge in [-0.15, -0.1) is 5.10 Å². The largest absolute Gasteiger partial charge is 0.382 e. The summed E-state index contributed by atoms with van der Waals surface area (Å²) >= 11 is 0. The van der Waals surface area contributed by atoms with Crippen molar-refractivity contribution in [2.24, 2.45) is 0 Å². The summed E-state index contributed by atoms with van der Waals surface area (Å²) in [4.78, 5) is 21.7. The van der Waals surface area contributed by atoms with E-state index in [2.05, 4.69) is 15.3 Å². The topological polar surface area (TPSA) is 72.8 Å². The molecule has 0 amide bonds. The zero-order valence-electron chi connectivity index (χ0n) is 12.3. The van der Waals surface area contributed by atoms with Crippen LogP contribution in [-0.4, -0.2) is 26.1 Å². The Labute approximate surface area is 135 Å². The van der Waals surface area contributed by atoms with Crippen molar-refractivity contribution in [1.82, 2.24) is 20.1 Å². The molecule has 7 heteroatoms. The molecular weight excluding hydrogens is 311 g/mol. The number of aromatic amines is 1. The quantitative estimate of drug-likeness (QED) is 0.589. The molecule has 2 aromatic carbocycles. The zero-order valence-corrected chi connectivity index (χ0v) is 12.3. The Balaban J connectivity index is 1.66. The van der Waals surface area contributed by atoms with E-state index in [1.807, 2.05) is 6.07 Å². The number of nitrogens with zero attached hydrogens (tertiary/aromatic N) is 3. The summed E-state index contributed by atoms with van der Waals surface area (Å²) in [7, 11) is 0. The second kappa shape index (κ2) is 5.62. The van der Waals surface area contributed by atoms with Crippen molar-refractivity contribution >= 4 is 17.0 Å². The highest BCUT2D eigenvalue weighted by atomic mass is 19.1. The van der Waals surface area contributed by atoms with Gasteiger partial charge in [0.1, 0.15) is 22.5 Å². The van der Waals surface area contributed by atoms with E-state index in [4.69, 9.17) is 4.84 Å². The van der Waals surface area contributed by atoms with Crippen molar-refractivity contribution in [3.05, 3.63) is 72.3 Å². The number of hydrogen-bond donors (Lipinski definition) is 1. The number of para-hydroxylation sites is 1. The van der Waals surface area contributed by atoms with Gasteiger partial charge in [0.2, 0.25) is 0 Å². The van der Waals surface area contributed by atoms with E-state index in [1.165, 1.54) is 12.1 Å². The van der Waals surface area contributed by atoms with Crippen LogP contribution in [0.5, 0.6) is 0 Å². The summed E-state index contributed by atoms with van der Waals surface area (Å²) in [5, 5.41) is 7.75. The van der Waals surface area contributed by atoms with Crippen LogP contribution in [0.3, 0.4) is 0 Å². The average molecular weight is 322 g/mol. The molecule has 0 spiro atoms. The molecule has 0 bridgehead atoms. The van der Waals surface area contributed by atoms with Crippen LogP contribution < -0.4 is 4.84 Å². The summed E-state index contributed by atoms with van der Waals surface area (Å²) in [5.41, 5.74) is 2.77. The third-order valence-corrected chi connectivity index (χ3v) is 3.60. The first-order valence-electron chi connectivity index (χ1n) is 7.19.